The van der Waals surface area contributed by atoms with E-state index in [1.54, 1.807) is 17.4 Å². The normalized spacial score (nSPS) is 11.3. The van der Waals surface area contributed by atoms with Crippen molar-refractivity contribution in [2.45, 2.75) is 0 Å². The molecule has 1 aromatic heterocycles. The molecule has 0 aliphatic rings. The first-order chi connectivity index (χ1) is 7.16. The van der Waals surface area contributed by atoms with Crippen LogP contribution in [0.4, 0.5) is 0 Å². The molecule has 1 aromatic carbocycles. The maximum atomic E-state index is 10.4. The molecule has 0 amide bonds. The van der Waals surface area contributed by atoms with Gasteiger partial charge in [-0.3, -0.25) is 0 Å². The lowest BCUT2D eigenvalue weighted by atomic mass is 10.2. The summed E-state index contributed by atoms with van der Waals surface area (Å²) in [5.41, 5.74) is 0.943. The van der Waals surface area contributed by atoms with Crippen molar-refractivity contribution in [1.82, 2.24) is 0 Å². The number of benzene rings is 1. The molecular weight excluding hydrogens is 276 g/mol. The Morgan fingerprint density at radius 1 is 1.47 bits per heavy atom. The molecule has 0 radical (unpaired) electrons. The minimum absolute atomic E-state index is 0.927. The summed E-state index contributed by atoms with van der Waals surface area (Å²) in [6.45, 7) is 0. The predicted octanol–water partition coefficient (Wildman–Crippen LogP) is 3.76. The molecule has 15 heavy (non-hydrogen) atoms. The molecule has 0 saturated carbocycles. The topological polar surface area (TPSA) is 37.3 Å². The summed E-state index contributed by atoms with van der Waals surface area (Å²) >= 11 is 5.00. The van der Waals surface area contributed by atoms with E-state index in [1.807, 2.05) is 23.6 Å². The highest BCUT2D eigenvalue weighted by Gasteiger charge is 2.01. The number of thiophene rings is 1. The molecule has 0 fully saturated rings. The fraction of sp³-hybridized carbons (Fsp3) is 0. The van der Waals surface area contributed by atoms with Crippen molar-refractivity contribution >= 4 is 49.4 Å². The number of hydrogen-bond acceptors (Lipinski definition) is 2. The van der Waals surface area contributed by atoms with Crippen LogP contribution >= 0.6 is 27.3 Å². The average molecular weight is 283 g/mol. The Kier molecular flexibility index (Phi) is 2.88. The lowest BCUT2D eigenvalue weighted by molar-refractivity contribution is -0.131. The zero-order valence-corrected chi connectivity index (χ0v) is 10.0. The summed E-state index contributed by atoms with van der Waals surface area (Å²) in [7, 11) is 0. The van der Waals surface area contributed by atoms with E-state index in [4.69, 9.17) is 5.11 Å². The zero-order chi connectivity index (χ0) is 10.8. The molecular formula is C11H7BrO2S. The smallest absolute Gasteiger partial charge is 0.328 e. The van der Waals surface area contributed by atoms with Crippen LogP contribution in [0.15, 0.2) is 34.1 Å². The van der Waals surface area contributed by atoms with Crippen LogP contribution in [0.1, 0.15) is 5.56 Å². The maximum Gasteiger partial charge on any atom is 0.328 e. The first-order valence-electron chi connectivity index (χ1n) is 4.24. The van der Waals surface area contributed by atoms with Crippen LogP contribution in [-0.4, -0.2) is 11.1 Å². The van der Waals surface area contributed by atoms with Gasteiger partial charge in [0.2, 0.25) is 0 Å². The lowest BCUT2D eigenvalue weighted by Gasteiger charge is -1.93. The van der Waals surface area contributed by atoms with Crippen molar-refractivity contribution in [3.63, 3.8) is 0 Å². The first-order valence-corrected chi connectivity index (χ1v) is 5.92. The maximum absolute atomic E-state index is 10.4. The van der Waals surface area contributed by atoms with Gasteiger partial charge in [0, 0.05) is 20.6 Å². The van der Waals surface area contributed by atoms with Crippen LogP contribution in [0.2, 0.25) is 0 Å². The van der Waals surface area contributed by atoms with Crippen molar-refractivity contribution in [2.75, 3.05) is 0 Å². The van der Waals surface area contributed by atoms with E-state index in [2.05, 4.69) is 15.9 Å². The van der Waals surface area contributed by atoms with Crippen molar-refractivity contribution in [2.24, 2.45) is 0 Å². The summed E-state index contributed by atoms with van der Waals surface area (Å²) in [5, 5.41) is 11.6. The molecule has 0 atom stereocenters. The molecule has 2 aromatic rings. The van der Waals surface area contributed by atoms with Crippen LogP contribution in [0, 0.1) is 0 Å². The molecule has 1 N–H and O–H groups in total. The van der Waals surface area contributed by atoms with Gasteiger partial charge in [0.1, 0.15) is 0 Å². The minimum atomic E-state index is -0.927. The van der Waals surface area contributed by atoms with Gasteiger partial charge in [-0.05, 0) is 35.2 Å². The molecule has 1 heterocycles. The fourth-order valence-corrected chi connectivity index (χ4v) is 2.58. The van der Waals surface area contributed by atoms with Crippen LogP contribution < -0.4 is 0 Å². The molecule has 76 valence electrons. The second-order valence-corrected chi connectivity index (χ2v) is 4.83. The molecule has 0 aliphatic heterocycles. The van der Waals surface area contributed by atoms with Gasteiger partial charge in [0.05, 0.1) is 0 Å². The van der Waals surface area contributed by atoms with Gasteiger partial charge in [0.15, 0.2) is 0 Å². The highest BCUT2D eigenvalue weighted by atomic mass is 79.9. The number of carboxylic acids is 1. The van der Waals surface area contributed by atoms with Crippen molar-refractivity contribution in [3.05, 3.63) is 39.7 Å². The van der Waals surface area contributed by atoms with Crippen LogP contribution in [0.25, 0.3) is 16.2 Å². The molecule has 0 spiro atoms. The van der Waals surface area contributed by atoms with Crippen LogP contribution in [0.3, 0.4) is 0 Å². The number of halogens is 1. The van der Waals surface area contributed by atoms with E-state index in [0.717, 1.165) is 26.2 Å². The van der Waals surface area contributed by atoms with Crippen LogP contribution in [-0.2, 0) is 4.79 Å². The molecule has 2 rings (SSSR count). The van der Waals surface area contributed by atoms with Crippen molar-refractivity contribution < 1.29 is 9.90 Å². The Bertz CT molecular complexity index is 543. The van der Waals surface area contributed by atoms with E-state index in [1.165, 1.54) is 0 Å². The third-order valence-electron chi connectivity index (χ3n) is 1.97. The van der Waals surface area contributed by atoms with Crippen molar-refractivity contribution in [3.8, 4) is 0 Å². The first kappa shape index (κ1) is 10.4. The van der Waals surface area contributed by atoms with Crippen LogP contribution in [0.5, 0.6) is 0 Å². The largest absolute Gasteiger partial charge is 0.478 e. The van der Waals surface area contributed by atoms with Gasteiger partial charge in [0.25, 0.3) is 0 Å². The number of aliphatic carboxylic acids is 1. The van der Waals surface area contributed by atoms with Gasteiger partial charge in [-0.1, -0.05) is 15.9 Å². The molecule has 0 aliphatic carbocycles. The monoisotopic (exact) mass is 282 g/mol. The van der Waals surface area contributed by atoms with E-state index < -0.39 is 5.97 Å². The Morgan fingerprint density at radius 2 is 2.27 bits per heavy atom. The van der Waals surface area contributed by atoms with Gasteiger partial charge in [-0.25, -0.2) is 4.79 Å². The summed E-state index contributed by atoms with van der Waals surface area (Å²) in [6, 6.07) is 5.99. The Balaban J connectivity index is 2.52. The second-order valence-electron chi connectivity index (χ2n) is 3.00. The fourth-order valence-electron chi connectivity index (χ4n) is 1.31. The molecule has 0 bridgehead atoms. The van der Waals surface area contributed by atoms with E-state index >= 15 is 0 Å². The zero-order valence-electron chi connectivity index (χ0n) is 7.61. The summed E-state index contributed by atoms with van der Waals surface area (Å²) in [5.74, 6) is -0.927. The number of hydrogen-bond donors (Lipinski definition) is 1. The number of carboxylic acid groups (broad SMARTS) is 1. The predicted molar refractivity (Wildman–Crippen MR) is 66.2 cm³/mol. The van der Waals surface area contributed by atoms with E-state index in [9.17, 15) is 4.79 Å². The third-order valence-corrected chi connectivity index (χ3v) is 3.45. The highest BCUT2D eigenvalue weighted by Crippen LogP contribution is 2.29. The highest BCUT2D eigenvalue weighted by molar-refractivity contribution is 9.10. The second kappa shape index (κ2) is 4.16. The van der Waals surface area contributed by atoms with Gasteiger partial charge in [-0.15, -0.1) is 11.3 Å². The Hall–Kier alpha value is -1.13. The summed E-state index contributed by atoms with van der Waals surface area (Å²) < 4.78 is 2.15. The Labute approximate surface area is 99.0 Å². The number of fused-ring (bicyclic) bond motifs is 1. The van der Waals surface area contributed by atoms with Crippen molar-refractivity contribution in [1.29, 1.82) is 0 Å². The number of carbonyl (C=O) groups is 1. The van der Waals surface area contributed by atoms with E-state index in [0.29, 0.717) is 0 Å². The van der Waals surface area contributed by atoms with Gasteiger partial charge in [-0.2, -0.15) is 0 Å². The van der Waals surface area contributed by atoms with Gasteiger partial charge < -0.3 is 5.11 Å². The standard InChI is InChI=1S/C11H7BrO2S/c12-8-2-3-10-9(5-8)7(6-15-10)1-4-11(13)14/h1-6H,(H,13,14)/b4-1+. The van der Waals surface area contributed by atoms with Gasteiger partial charge >= 0.3 is 5.97 Å². The molecule has 0 saturated heterocycles. The average Bonchev–Trinajstić information content (AvgIpc) is 2.57. The van der Waals surface area contributed by atoms with E-state index in [-0.39, 0.29) is 0 Å². The quantitative estimate of drug-likeness (QED) is 0.852. The minimum Gasteiger partial charge on any atom is -0.478 e. The Morgan fingerprint density at radius 3 is 3.00 bits per heavy atom. The third kappa shape index (κ3) is 2.27. The number of rotatable bonds is 2. The summed E-state index contributed by atoms with van der Waals surface area (Å²) in [4.78, 5) is 10.4. The lowest BCUT2D eigenvalue weighted by Crippen LogP contribution is -1.84. The molecule has 0 unspecified atom stereocenters. The summed E-state index contributed by atoms with van der Waals surface area (Å²) in [6.07, 6.45) is 2.77. The molecule has 4 heteroatoms. The SMILES string of the molecule is O=C(O)/C=C/c1csc2ccc(Br)cc12. The molecule has 2 nitrogen and oxygen atoms in total.